The van der Waals surface area contributed by atoms with E-state index in [9.17, 15) is 18.5 Å². The number of hydrogen-bond donors (Lipinski definition) is 0. The first kappa shape index (κ1) is 19.9. The van der Waals surface area contributed by atoms with Crippen LogP contribution in [0.5, 0.6) is 0 Å². The van der Waals surface area contributed by atoms with Crippen molar-refractivity contribution in [1.82, 2.24) is 3.97 Å². The summed E-state index contributed by atoms with van der Waals surface area (Å²) in [6.07, 6.45) is 3.04. The van der Waals surface area contributed by atoms with Crippen LogP contribution < -0.4 is 0 Å². The summed E-state index contributed by atoms with van der Waals surface area (Å²) >= 11 is 5.99. The van der Waals surface area contributed by atoms with Gasteiger partial charge in [0.1, 0.15) is 0 Å². The molecule has 150 valence electrons. The normalized spacial score (nSPS) is 11.9. The summed E-state index contributed by atoms with van der Waals surface area (Å²) in [5.41, 5.74) is 1.04. The van der Waals surface area contributed by atoms with Crippen LogP contribution in [-0.4, -0.2) is 17.3 Å². The maximum Gasteiger partial charge on any atom is 0.276 e. The van der Waals surface area contributed by atoms with E-state index in [0.29, 0.717) is 16.2 Å². The Labute approximate surface area is 177 Å². The van der Waals surface area contributed by atoms with Crippen LogP contribution in [0.4, 0.5) is 5.69 Å². The lowest BCUT2D eigenvalue weighted by atomic mass is 10.1. The van der Waals surface area contributed by atoms with Gasteiger partial charge >= 0.3 is 0 Å². The van der Waals surface area contributed by atoms with Crippen molar-refractivity contribution in [1.29, 1.82) is 0 Å². The fourth-order valence-electron chi connectivity index (χ4n) is 3.23. The van der Waals surface area contributed by atoms with Crippen LogP contribution in [0.15, 0.2) is 83.8 Å². The van der Waals surface area contributed by atoms with E-state index in [1.54, 1.807) is 42.5 Å². The molecule has 0 N–H and O–H groups in total. The minimum atomic E-state index is -3.89. The topological polar surface area (TPSA) is 82.2 Å². The monoisotopic (exact) mass is 438 g/mol. The third kappa shape index (κ3) is 3.60. The van der Waals surface area contributed by atoms with Gasteiger partial charge in [0.05, 0.1) is 26.6 Å². The fourth-order valence-corrected chi connectivity index (χ4v) is 4.94. The highest BCUT2D eigenvalue weighted by Gasteiger charge is 2.22. The molecule has 30 heavy (non-hydrogen) atoms. The molecule has 4 rings (SSSR count). The fraction of sp³-hybridized carbons (Fsp3) is 0. The molecule has 0 saturated heterocycles. The molecule has 0 saturated carbocycles. The molecule has 0 fully saturated rings. The van der Waals surface area contributed by atoms with Gasteiger partial charge < -0.3 is 0 Å². The number of aromatic nitrogens is 1. The summed E-state index contributed by atoms with van der Waals surface area (Å²) in [6.45, 7) is 0. The van der Waals surface area contributed by atoms with E-state index < -0.39 is 14.9 Å². The van der Waals surface area contributed by atoms with E-state index >= 15 is 0 Å². The summed E-state index contributed by atoms with van der Waals surface area (Å²) < 4.78 is 28.0. The van der Waals surface area contributed by atoms with Crippen molar-refractivity contribution in [3.05, 3.63) is 105 Å². The van der Waals surface area contributed by atoms with Gasteiger partial charge in [-0.15, -0.1) is 0 Å². The van der Waals surface area contributed by atoms with Crippen molar-refractivity contribution in [3.8, 4) is 0 Å². The second-order valence-corrected chi connectivity index (χ2v) is 8.73. The van der Waals surface area contributed by atoms with Gasteiger partial charge in [-0.1, -0.05) is 48.0 Å². The Morgan fingerprint density at radius 3 is 2.33 bits per heavy atom. The molecule has 3 aromatic carbocycles. The summed E-state index contributed by atoms with van der Waals surface area (Å²) in [5.74, 6) is 0. The molecule has 4 aromatic rings. The van der Waals surface area contributed by atoms with Crippen molar-refractivity contribution in [2.45, 2.75) is 4.90 Å². The van der Waals surface area contributed by atoms with Crippen LogP contribution in [-0.2, 0) is 10.0 Å². The zero-order valence-corrected chi connectivity index (χ0v) is 17.0. The Kier molecular flexibility index (Phi) is 5.15. The zero-order chi connectivity index (χ0) is 21.3. The Morgan fingerprint density at radius 1 is 0.900 bits per heavy atom. The number of fused-ring (bicyclic) bond motifs is 1. The minimum absolute atomic E-state index is 0.121. The van der Waals surface area contributed by atoms with Gasteiger partial charge in [-0.3, -0.25) is 10.1 Å². The predicted molar refractivity (Wildman–Crippen MR) is 118 cm³/mol. The average molecular weight is 439 g/mol. The largest absolute Gasteiger partial charge is 0.276 e. The number of nitro groups is 1. The van der Waals surface area contributed by atoms with Crippen molar-refractivity contribution in [3.63, 3.8) is 0 Å². The second kappa shape index (κ2) is 7.78. The van der Waals surface area contributed by atoms with Gasteiger partial charge in [0.25, 0.3) is 15.7 Å². The maximum absolute atomic E-state index is 13.4. The second-order valence-electron chi connectivity index (χ2n) is 6.50. The first-order valence-corrected chi connectivity index (χ1v) is 10.7. The number of nitro benzene ring substituents is 1. The Morgan fingerprint density at radius 2 is 1.60 bits per heavy atom. The standard InChI is InChI=1S/C22H15ClN2O4S/c23-18-11-13-22(25(26)27)17(14-18)10-12-19-15-16-6-4-5-9-21(16)24(19)30(28,29)20-7-2-1-3-8-20/h1-15H/b12-10+. The molecule has 0 aliphatic carbocycles. The summed E-state index contributed by atoms with van der Waals surface area (Å²) in [7, 11) is -3.89. The van der Waals surface area contributed by atoms with Gasteiger partial charge in [-0.05, 0) is 48.6 Å². The smallest absolute Gasteiger partial charge is 0.258 e. The Balaban J connectivity index is 1.92. The maximum atomic E-state index is 13.4. The van der Waals surface area contributed by atoms with E-state index in [4.69, 9.17) is 11.6 Å². The van der Waals surface area contributed by atoms with E-state index in [1.807, 2.05) is 12.1 Å². The number of nitrogens with zero attached hydrogens (tertiary/aromatic N) is 2. The molecule has 1 aromatic heterocycles. The molecule has 0 atom stereocenters. The number of benzene rings is 3. The lowest BCUT2D eigenvalue weighted by Gasteiger charge is -2.10. The first-order valence-electron chi connectivity index (χ1n) is 8.91. The summed E-state index contributed by atoms with van der Waals surface area (Å²) in [4.78, 5) is 11.0. The zero-order valence-electron chi connectivity index (χ0n) is 15.5. The number of rotatable bonds is 5. The molecule has 6 nitrogen and oxygen atoms in total. The molecule has 0 spiro atoms. The molecule has 0 aliphatic rings. The minimum Gasteiger partial charge on any atom is -0.258 e. The van der Waals surface area contributed by atoms with Gasteiger partial charge in [0.2, 0.25) is 0 Å². The van der Waals surface area contributed by atoms with Crippen LogP contribution >= 0.6 is 11.6 Å². The Bertz CT molecular complexity index is 1390. The quantitative estimate of drug-likeness (QED) is 0.299. The van der Waals surface area contributed by atoms with Crippen LogP contribution in [0, 0.1) is 10.1 Å². The SMILES string of the molecule is O=[N+]([O-])c1ccc(Cl)cc1/C=C/c1cc2ccccc2n1S(=O)(=O)c1ccccc1. The number of para-hydroxylation sites is 1. The predicted octanol–water partition coefficient (Wildman–Crippen LogP) is 5.61. The van der Waals surface area contributed by atoms with Crippen LogP contribution in [0.25, 0.3) is 23.1 Å². The Hall–Kier alpha value is -3.42. The highest BCUT2D eigenvalue weighted by atomic mass is 35.5. The van der Waals surface area contributed by atoms with E-state index in [2.05, 4.69) is 0 Å². The van der Waals surface area contributed by atoms with Crippen LogP contribution in [0.2, 0.25) is 5.02 Å². The lowest BCUT2D eigenvalue weighted by molar-refractivity contribution is -0.385. The molecule has 8 heteroatoms. The van der Waals surface area contributed by atoms with Crippen LogP contribution in [0.1, 0.15) is 11.3 Å². The molecular formula is C22H15ClN2O4S. The molecule has 0 amide bonds. The number of halogens is 1. The van der Waals surface area contributed by atoms with Crippen molar-refractivity contribution in [2.24, 2.45) is 0 Å². The summed E-state index contributed by atoms with van der Waals surface area (Å²) in [5, 5.41) is 12.4. The first-order chi connectivity index (χ1) is 14.4. The molecule has 1 heterocycles. The van der Waals surface area contributed by atoms with E-state index in [1.165, 1.54) is 40.4 Å². The molecule has 0 bridgehead atoms. The lowest BCUT2D eigenvalue weighted by Crippen LogP contribution is -2.14. The van der Waals surface area contributed by atoms with Crippen molar-refractivity contribution in [2.75, 3.05) is 0 Å². The molecule has 0 radical (unpaired) electrons. The third-order valence-corrected chi connectivity index (χ3v) is 6.59. The van der Waals surface area contributed by atoms with Crippen molar-refractivity contribution >= 4 is 50.4 Å². The molecule has 0 aliphatic heterocycles. The average Bonchev–Trinajstić information content (AvgIpc) is 3.12. The third-order valence-electron chi connectivity index (χ3n) is 4.59. The van der Waals surface area contributed by atoms with Gasteiger partial charge in [-0.2, -0.15) is 0 Å². The number of hydrogen-bond acceptors (Lipinski definition) is 4. The van der Waals surface area contributed by atoms with Gasteiger partial charge in [-0.25, -0.2) is 12.4 Å². The summed E-state index contributed by atoms with van der Waals surface area (Å²) in [6, 6.07) is 21.2. The van der Waals surface area contributed by atoms with Crippen LogP contribution in [0.3, 0.4) is 0 Å². The molecule has 0 unspecified atom stereocenters. The highest BCUT2D eigenvalue weighted by molar-refractivity contribution is 7.90. The molecular weight excluding hydrogens is 424 g/mol. The van der Waals surface area contributed by atoms with Crippen molar-refractivity contribution < 1.29 is 13.3 Å². The van der Waals surface area contributed by atoms with Gasteiger partial charge in [0.15, 0.2) is 0 Å². The van der Waals surface area contributed by atoms with E-state index in [0.717, 1.165) is 5.39 Å². The van der Waals surface area contributed by atoms with E-state index in [-0.39, 0.29) is 16.1 Å². The van der Waals surface area contributed by atoms with Gasteiger partial charge in [0, 0.05) is 16.5 Å². The highest BCUT2D eigenvalue weighted by Crippen LogP contribution is 2.29.